The van der Waals surface area contributed by atoms with Crippen molar-refractivity contribution in [1.29, 1.82) is 0 Å². The second kappa shape index (κ2) is 5.02. The van der Waals surface area contributed by atoms with Crippen LogP contribution in [0, 0.1) is 0 Å². The van der Waals surface area contributed by atoms with E-state index in [0.29, 0.717) is 18.8 Å². The summed E-state index contributed by atoms with van der Waals surface area (Å²) in [6.45, 7) is 1.30. The predicted molar refractivity (Wildman–Crippen MR) is 65.1 cm³/mol. The van der Waals surface area contributed by atoms with Crippen molar-refractivity contribution in [3.05, 3.63) is 24.3 Å². The van der Waals surface area contributed by atoms with Gasteiger partial charge >= 0.3 is 0 Å². The van der Waals surface area contributed by atoms with Crippen LogP contribution in [0.5, 0.6) is 0 Å². The number of fused-ring (bicyclic) bond motifs is 1. The first-order valence-electron chi connectivity index (χ1n) is 6.55. The van der Waals surface area contributed by atoms with Crippen LogP contribution in [0.1, 0.15) is 36.2 Å². The Hall–Kier alpha value is -1.49. The van der Waals surface area contributed by atoms with Crippen molar-refractivity contribution in [3.8, 4) is 0 Å². The zero-order chi connectivity index (χ0) is 12.4. The van der Waals surface area contributed by atoms with E-state index < -0.39 is 0 Å². The van der Waals surface area contributed by atoms with Gasteiger partial charge in [-0.3, -0.25) is 9.78 Å². The molecule has 0 aromatic carbocycles. The van der Waals surface area contributed by atoms with E-state index in [9.17, 15) is 4.79 Å². The number of hydrogen-bond donors (Lipinski definition) is 0. The van der Waals surface area contributed by atoms with Gasteiger partial charge in [-0.1, -0.05) is 12.8 Å². The molecule has 1 aliphatic carbocycles. The van der Waals surface area contributed by atoms with Crippen LogP contribution in [0.4, 0.5) is 0 Å². The van der Waals surface area contributed by atoms with E-state index in [4.69, 9.17) is 4.74 Å². The molecule has 5 nitrogen and oxygen atoms in total. The molecule has 1 saturated carbocycles. The lowest BCUT2D eigenvalue weighted by molar-refractivity contribution is -0.0754. The van der Waals surface area contributed by atoms with Gasteiger partial charge in [0.1, 0.15) is 5.69 Å². The van der Waals surface area contributed by atoms with E-state index in [2.05, 4.69) is 9.97 Å². The Morgan fingerprint density at radius 1 is 1.33 bits per heavy atom. The first-order valence-corrected chi connectivity index (χ1v) is 6.55. The minimum absolute atomic E-state index is 0.0108. The van der Waals surface area contributed by atoms with Crippen LogP contribution in [0.25, 0.3) is 0 Å². The Bertz CT molecular complexity index is 422. The van der Waals surface area contributed by atoms with Crippen molar-refractivity contribution < 1.29 is 9.53 Å². The summed E-state index contributed by atoms with van der Waals surface area (Å²) in [6.07, 6.45) is 9.38. The summed E-state index contributed by atoms with van der Waals surface area (Å²) < 4.78 is 5.77. The van der Waals surface area contributed by atoms with Crippen LogP contribution in [-0.2, 0) is 4.74 Å². The zero-order valence-electron chi connectivity index (χ0n) is 10.3. The molecule has 2 heterocycles. The fourth-order valence-electron chi connectivity index (χ4n) is 2.91. The molecule has 0 unspecified atom stereocenters. The number of morpholine rings is 1. The molecule has 2 aliphatic rings. The van der Waals surface area contributed by atoms with Gasteiger partial charge in [-0.25, -0.2) is 4.98 Å². The van der Waals surface area contributed by atoms with E-state index in [-0.39, 0.29) is 18.1 Å². The van der Waals surface area contributed by atoms with Crippen LogP contribution in [0.3, 0.4) is 0 Å². The van der Waals surface area contributed by atoms with E-state index in [1.165, 1.54) is 19.0 Å². The molecule has 18 heavy (non-hydrogen) atoms. The molecule has 2 atom stereocenters. The number of rotatable bonds is 1. The number of aromatic nitrogens is 2. The van der Waals surface area contributed by atoms with Gasteiger partial charge in [-0.05, 0) is 12.8 Å². The lowest BCUT2D eigenvalue weighted by atomic mass is 9.90. The molecular formula is C13H17N3O2. The molecule has 3 rings (SSSR count). The molecule has 1 amide bonds. The molecule has 0 radical (unpaired) electrons. The highest BCUT2D eigenvalue weighted by molar-refractivity contribution is 5.92. The molecule has 1 aromatic rings. The average molecular weight is 247 g/mol. The van der Waals surface area contributed by atoms with Gasteiger partial charge in [0.05, 0.1) is 24.9 Å². The molecule has 96 valence electrons. The van der Waals surface area contributed by atoms with Gasteiger partial charge in [-0.15, -0.1) is 0 Å². The first kappa shape index (κ1) is 11.6. The van der Waals surface area contributed by atoms with Crippen LogP contribution in [0.2, 0.25) is 0 Å². The van der Waals surface area contributed by atoms with Gasteiger partial charge < -0.3 is 9.64 Å². The third-order valence-electron chi connectivity index (χ3n) is 3.78. The van der Waals surface area contributed by atoms with Gasteiger partial charge in [0.2, 0.25) is 0 Å². The Kier molecular flexibility index (Phi) is 3.23. The van der Waals surface area contributed by atoms with Crippen LogP contribution >= 0.6 is 0 Å². The molecule has 0 N–H and O–H groups in total. The van der Waals surface area contributed by atoms with Crippen molar-refractivity contribution in [3.63, 3.8) is 0 Å². The van der Waals surface area contributed by atoms with E-state index in [1.54, 1.807) is 12.4 Å². The molecule has 2 fully saturated rings. The minimum atomic E-state index is -0.0108. The topological polar surface area (TPSA) is 55.3 Å². The standard InChI is InChI=1S/C13H17N3O2/c17-13(10-9-14-5-6-15-10)16-7-8-18-12-4-2-1-3-11(12)16/h5-6,9,11-12H,1-4,7-8H2/t11-,12+/m1/s1. The highest BCUT2D eigenvalue weighted by Gasteiger charge is 2.37. The minimum Gasteiger partial charge on any atom is -0.374 e. The Balaban J connectivity index is 1.80. The zero-order valence-corrected chi connectivity index (χ0v) is 10.3. The van der Waals surface area contributed by atoms with Crippen LogP contribution in [0.15, 0.2) is 18.6 Å². The Morgan fingerprint density at radius 3 is 3.06 bits per heavy atom. The summed E-state index contributed by atoms with van der Waals surface area (Å²) in [6, 6.07) is 0.224. The lowest BCUT2D eigenvalue weighted by Crippen LogP contribution is -2.55. The van der Waals surface area contributed by atoms with Crippen LogP contribution in [-0.4, -0.2) is 46.1 Å². The molecule has 1 aromatic heterocycles. The second-order valence-corrected chi connectivity index (χ2v) is 4.85. The maximum atomic E-state index is 12.4. The maximum absolute atomic E-state index is 12.4. The van der Waals surface area contributed by atoms with E-state index >= 15 is 0 Å². The van der Waals surface area contributed by atoms with Gasteiger partial charge in [0.25, 0.3) is 5.91 Å². The lowest BCUT2D eigenvalue weighted by Gasteiger charge is -2.43. The van der Waals surface area contributed by atoms with Gasteiger partial charge in [0.15, 0.2) is 0 Å². The summed E-state index contributed by atoms with van der Waals surface area (Å²) in [4.78, 5) is 22.4. The number of nitrogens with zero attached hydrogens (tertiary/aromatic N) is 3. The monoisotopic (exact) mass is 247 g/mol. The fraction of sp³-hybridized carbons (Fsp3) is 0.615. The molecule has 5 heteroatoms. The highest BCUT2D eigenvalue weighted by atomic mass is 16.5. The summed E-state index contributed by atoms with van der Waals surface area (Å²) in [7, 11) is 0. The number of hydrogen-bond acceptors (Lipinski definition) is 4. The SMILES string of the molecule is O=C(c1cnccn1)N1CCO[C@H]2CCCC[C@H]21. The van der Waals surface area contributed by atoms with Crippen LogP contribution < -0.4 is 0 Å². The highest BCUT2D eigenvalue weighted by Crippen LogP contribution is 2.29. The molecule has 0 spiro atoms. The quantitative estimate of drug-likeness (QED) is 0.749. The normalized spacial score (nSPS) is 27.7. The number of amides is 1. The summed E-state index contributed by atoms with van der Waals surface area (Å²) in [5, 5.41) is 0. The Morgan fingerprint density at radius 2 is 2.22 bits per heavy atom. The largest absolute Gasteiger partial charge is 0.374 e. The van der Waals surface area contributed by atoms with Crippen molar-refractivity contribution in [2.75, 3.05) is 13.2 Å². The van der Waals surface area contributed by atoms with Gasteiger partial charge in [0, 0.05) is 18.9 Å². The molecular weight excluding hydrogens is 230 g/mol. The predicted octanol–water partition coefficient (Wildman–Crippen LogP) is 1.26. The number of carbonyl (C=O) groups excluding carboxylic acids is 1. The average Bonchev–Trinajstić information content (AvgIpc) is 2.47. The molecule has 0 bridgehead atoms. The fourth-order valence-corrected chi connectivity index (χ4v) is 2.91. The summed E-state index contributed by atoms with van der Waals surface area (Å²) in [5.74, 6) is -0.0108. The van der Waals surface area contributed by atoms with Gasteiger partial charge in [-0.2, -0.15) is 0 Å². The number of carbonyl (C=O) groups is 1. The van der Waals surface area contributed by atoms with E-state index in [0.717, 1.165) is 12.8 Å². The third-order valence-corrected chi connectivity index (χ3v) is 3.78. The van der Waals surface area contributed by atoms with Crippen molar-refractivity contribution >= 4 is 5.91 Å². The first-order chi connectivity index (χ1) is 8.86. The molecule has 1 saturated heterocycles. The van der Waals surface area contributed by atoms with Crippen molar-refractivity contribution in [1.82, 2.24) is 14.9 Å². The smallest absolute Gasteiger partial charge is 0.274 e. The van der Waals surface area contributed by atoms with Crippen molar-refractivity contribution in [2.45, 2.75) is 37.8 Å². The summed E-state index contributed by atoms with van der Waals surface area (Å²) >= 11 is 0. The van der Waals surface area contributed by atoms with E-state index in [1.807, 2.05) is 4.90 Å². The Labute approximate surface area is 106 Å². The number of ether oxygens (including phenoxy) is 1. The maximum Gasteiger partial charge on any atom is 0.274 e. The molecule has 1 aliphatic heterocycles. The third kappa shape index (κ3) is 2.10. The second-order valence-electron chi connectivity index (χ2n) is 4.85. The summed E-state index contributed by atoms with van der Waals surface area (Å²) in [5.41, 5.74) is 0.434. The van der Waals surface area contributed by atoms with Crippen molar-refractivity contribution in [2.24, 2.45) is 0 Å².